The molecule has 1 N–H and O–H groups in total. The fraction of sp³-hybridized carbons (Fsp3) is 0.700. The van der Waals surface area contributed by atoms with Crippen LogP contribution in [0.15, 0.2) is 24.3 Å². The summed E-state index contributed by atoms with van der Waals surface area (Å²) in [6, 6.07) is 9.70. The van der Waals surface area contributed by atoms with Crippen LogP contribution < -0.4 is 5.32 Å². The highest BCUT2D eigenvalue weighted by atomic mass is 14.9. The Labute approximate surface area is 131 Å². The van der Waals surface area contributed by atoms with E-state index in [1.165, 1.54) is 49.7 Å². The molecule has 1 atom stereocenters. The molecule has 118 valence electrons. The third-order valence-electron chi connectivity index (χ3n) is 5.00. The van der Waals surface area contributed by atoms with Crippen LogP contribution >= 0.6 is 0 Å². The first-order valence-corrected chi connectivity index (χ1v) is 8.87. The van der Waals surface area contributed by atoms with Gasteiger partial charge in [-0.25, -0.2) is 0 Å². The van der Waals surface area contributed by atoms with Gasteiger partial charge < -0.3 is 5.32 Å². The van der Waals surface area contributed by atoms with Crippen molar-refractivity contribution in [1.29, 1.82) is 0 Å². The molecule has 0 bridgehead atoms. The van der Waals surface area contributed by atoms with Crippen LogP contribution in [0.1, 0.15) is 76.5 Å². The van der Waals surface area contributed by atoms with Gasteiger partial charge in [0.2, 0.25) is 0 Å². The summed E-state index contributed by atoms with van der Waals surface area (Å²) in [4.78, 5) is 0. The second-order valence-corrected chi connectivity index (χ2v) is 7.47. The molecule has 21 heavy (non-hydrogen) atoms. The fourth-order valence-corrected chi connectivity index (χ4v) is 4.33. The number of nitrogens with one attached hydrogen (secondary N) is 1. The summed E-state index contributed by atoms with van der Waals surface area (Å²) >= 11 is 0. The Bertz CT molecular complexity index is 429. The maximum Gasteiger partial charge on any atom is 0.0377 e. The highest BCUT2D eigenvalue weighted by molar-refractivity contribution is 5.27. The zero-order chi connectivity index (χ0) is 15.3. The van der Waals surface area contributed by atoms with Gasteiger partial charge in [0.15, 0.2) is 0 Å². The Hall–Kier alpha value is -0.820. The van der Waals surface area contributed by atoms with Crippen LogP contribution in [-0.4, -0.2) is 6.54 Å². The van der Waals surface area contributed by atoms with Crippen LogP contribution in [-0.2, 0) is 0 Å². The average Bonchev–Trinajstić information content (AvgIpc) is 2.87. The minimum absolute atomic E-state index is 0.469. The van der Waals surface area contributed by atoms with Crippen LogP contribution in [0.2, 0.25) is 0 Å². The topological polar surface area (TPSA) is 12.0 Å². The molecule has 1 fully saturated rings. The lowest BCUT2D eigenvalue weighted by atomic mass is 9.70. The van der Waals surface area contributed by atoms with E-state index >= 15 is 0 Å². The first-order valence-electron chi connectivity index (χ1n) is 8.87. The van der Waals surface area contributed by atoms with Gasteiger partial charge in [-0.1, -0.05) is 63.4 Å². The van der Waals surface area contributed by atoms with Crippen LogP contribution in [0.25, 0.3) is 0 Å². The second-order valence-electron chi connectivity index (χ2n) is 7.47. The van der Waals surface area contributed by atoms with Crippen molar-refractivity contribution in [3.63, 3.8) is 0 Å². The molecule has 0 spiro atoms. The van der Waals surface area contributed by atoms with Gasteiger partial charge in [-0.05, 0) is 56.0 Å². The zero-order valence-electron chi connectivity index (χ0n) is 14.4. The van der Waals surface area contributed by atoms with Gasteiger partial charge in [-0.15, -0.1) is 0 Å². The molecular weight excluding hydrogens is 254 g/mol. The second kappa shape index (κ2) is 7.45. The summed E-state index contributed by atoms with van der Waals surface area (Å²) < 4.78 is 0. The Morgan fingerprint density at radius 2 is 1.90 bits per heavy atom. The molecular formula is C20H33N. The zero-order valence-corrected chi connectivity index (χ0v) is 14.4. The maximum atomic E-state index is 3.90. The lowest BCUT2D eigenvalue weighted by Gasteiger charge is -2.40. The molecule has 0 heterocycles. The lowest BCUT2D eigenvalue weighted by Crippen LogP contribution is -2.38. The van der Waals surface area contributed by atoms with Gasteiger partial charge in [0.05, 0.1) is 0 Å². The molecule has 1 heteroatoms. The van der Waals surface area contributed by atoms with E-state index in [9.17, 15) is 0 Å². The van der Waals surface area contributed by atoms with Crippen LogP contribution in [0.5, 0.6) is 0 Å². The van der Waals surface area contributed by atoms with Crippen LogP contribution in [0.4, 0.5) is 0 Å². The van der Waals surface area contributed by atoms with Crippen molar-refractivity contribution in [3.05, 3.63) is 35.4 Å². The molecule has 0 aromatic heterocycles. The molecule has 0 aliphatic heterocycles. The number of hydrogen-bond acceptors (Lipinski definition) is 1. The van der Waals surface area contributed by atoms with Crippen molar-refractivity contribution in [3.8, 4) is 0 Å². The first kappa shape index (κ1) is 16.5. The molecule has 1 aromatic rings. The minimum atomic E-state index is 0.469. The van der Waals surface area contributed by atoms with E-state index in [4.69, 9.17) is 0 Å². The Morgan fingerprint density at radius 3 is 2.48 bits per heavy atom. The molecule has 0 radical (unpaired) electrons. The first-order chi connectivity index (χ1) is 10.1. The summed E-state index contributed by atoms with van der Waals surface area (Å²) in [5.41, 5.74) is 3.36. The van der Waals surface area contributed by atoms with E-state index in [-0.39, 0.29) is 0 Å². The van der Waals surface area contributed by atoms with Crippen molar-refractivity contribution >= 4 is 0 Å². The number of benzene rings is 1. The number of aryl methyl sites for hydroxylation is 1. The van der Waals surface area contributed by atoms with Crippen LogP contribution in [0.3, 0.4) is 0 Å². The van der Waals surface area contributed by atoms with Crippen molar-refractivity contribution in [2.24, 2.45) is 11.3 Å². The monoisotopic (exact) mass is 287 g/mol. The Morgan fingerprint density at radius 1 is 1.19 bits per heavy atom. The van der Waals surface area contributed by atoms with Gasteiger partial charge in [-0.2, -0.15) is 0 Å². The Kier molecular flexibility index (Phi) is 5.87. The molecule has 1 saturated carbocycles. The predicted molar refractivity (Wildman–Crippen MR) is 92.6 cm³/mol. The van der Waals surface area contributed by atoms with Gasteiger partial charge >= 0.3 is 0 Å². The van der Waals surface area contributed by atoms with Crippen molar-refractivity contribution in [2.75, 3.05) is 6.54 Å². The summed E-state index contributed by atoms with van der Waals surface area (Å²) in [7, 11) is 0. The molecule has 1 aromatic carbocycles. The standard InChI is InChI=1S/C20H33N/c1-5-13-21-19(18-10-8-9-17(4)14-18)20(15-16(2)3)11-6-7-12-20/h8-10,14,16,19,21H,5-7,11-13,15H2,1-4H3. The summed E-state index contributed by atoms with van der Waals surface area (Å²) in [5.74, 6) is 0.777. The highest BCUT2D eigenvalue weighted by Gasteiger charge is 2.41. The van der Waals surface area contributed by atoms with Gasteiger partial charge in [0.1, 0.15) is 0 Å². The molecule has 1 aliphatic rings. The quantitative estimate of drug-likeness (QED) is 0.684. The van der Waals surface area contributed by atoms with Gasteiger partial charge in [-0.3, -0.25) is 0 Å². The van der Waals surface area contributed by atoms with E-state index in [2.05, 4.69) is 57.3 Å². The SMILES string of the molecule is CCCNC(c1cccc(C)c1)C1(CC(C)C)CCCC1. The Balaban J connectivity index is 2.32. The molecule has 1 aliphatic carbocycles. The molecule has 1 unspecified atom stereocenters. The van der Waals surface area contributed by atoms with Crippen molar-refractivity contribution < 1.29 is 0 Å². The number of hydrogen-bond donors (Lipinski definition) is 1. The lowest BCUT2D eigenvalue weighted by molar-refractivity contribution is 0.155. The van der Waals surface area contributed by atoms with Gasteiger partial charge in [0.25, 0.3) is 0 Å². The molecule has 2 rings (SSSR count). The summed E-state index contributed by atoms with van der Waals surface area (Å²) in [5, 5.41) is 3.90. The third-order valence-corrected chi connectivity index (χ3v) is 5.00. The van der Waals surface area contributed by atoms with E-state index in [0.29, 0.717) is 11.5 Å². The largest absolute Gasteiger partial charge is 0.309 e. The normalized spacial score (nSPS) is 19.1. The van der Waals surface area contributed by atoms with E-state index < -0.39 is 0 Å². The van der Waals surface area contributed by atoms with E-state index in [1.807, 2.05) is 0 Å². The van der Waals surface area contributed by atoms with E-state index in [0.717, 1.165) is 12.5 Å². The van der Waals surface area contributed by atoms with Gasteiger partial charge in [0, 0.05) is 6.04 Å². The highest BCUT2D eigenvalue weighted by Crippen LogP contribution is 2.51. The average molecular weight is 287 g/mol. The fourth-order valence-electron chi connectivity index (χ4n) is 4.33. The maximum absolute atomic E-state index is 3.90. The smallest absolute Gasteiger partial charge is 0.0377 e. The predicted octanol–water partition coefficient (Wildman–Crippen LogP) is 5.64. The molecule has 0 saturated heterocycles. The molecule has 0 amide bonds. The van der Waals surface area contributed by atoms with Crippen molar-refractivity contribution in [2.45, 2.75) is 72.3 Å². The number of rotatable bonds is 7. The summed E-state index contributed by atoms with van der Waals surface area (Å²) in [6.07, 6.45) is 8.15. The minimum Gasteiger partial charge on any atom is -0.309 e. The molecule has 1 nitrogen and oxygen atoms in total. The third kappa shape index (κ3) is 4.10. The van der Waals surface area contributed by atoms with E-state index in [1.54, 1.807) is 0 Å². The summed E-state index contributed by atoms with van der Waals surface area (Å²) in [6.45, 7) is 10.4. The van der Waals surface area contributed by atoms with Crippen LogP contribution in [0, 0.1) is 18.3 Å². The van der Waals surface area contributed by atoms with Crippen molar-refractivity contribution in [1.82, 2.24) is 5.32 Å².